The molecule has 5 heteroatoms. The minimum Gasteiger partial charge on any atom is -0.507 e. The molecule has 0 spiro atoms. The zero-order valence-electron chi connectivity index (χ0n) is 17.7. The Kier molecular flexibility index (Phi) is 4.35. The van der Waals surface area contributed by atoms with E-state index < -0.39 is 0 Å². The molecular weight excluding hydrogens is 380 g/mol. The van der Waals surface area contributed by atoms with E-state index in [1.807, 2.05) is 42.5 Å². The fraction of sp³-hybridized carbons (Fsp3) is 0.333. The quantitative estimate of drug-likeness (QED) is 0.496. The lowest BCUT2D eigenvalue weighted by Crippen LogP contribution is -2.23. The van der Waals surface area contributed by atoms with Crippen LogP contribution in [0.15, 0.2) is 41.2 Å². The zero-order valence-corrected chi connectivity index (χ0v) is 18.5. The van der Waals surface area contributed by atoms with Crippen molar-refractivity contribution in [3.63, 3.8) is 0 Å². The minimum absolute atomic E-state index is 0.0543. The van der Waals surface area contributed by atoms with Gasteiger partial charge >= 0.3 is 0 Å². The highest BCUT2D eigenvalue weighted by atomic mass is 32.1. The summed E-state index contributed by atoms with van der Waals surface area (Å²) in [5.74, 6) is 0.344. The summed E-state index contributed by atoms with van der Waals surface area (Å²) in [6.07, 6.45) is 1.92. The van der Waals surface area contributed by atoms with E-state index in [4.69, 9.17) is 0 Å². The van der Waals surface area contributed by atoms with Gasteiger partial charge < -0.3 is 5.11 Å². The van der Waals surface area contributed by atoms with Crippen LogP contribution in [0.3, 0.4) is 0 Å². The Morgan fingerprint density at radius 2 is 1.59 bits per heavy atom. The third-order valence-corrected chi connectivity index (χ3v) is 6.16. The monoisotopic (exact) mass is 406 g/mol. The molecule has 0 amide bonds. The van der Waals surface area contributed by atoms with E-state index in [0.717, 1.165) is 27.7 Å². The molecule has 29 heavy (non-hydrogen) atoms. The molecule has 0 bridgehead atoms. The summed E-state index contributed by atoms with van der Waals surface area (Å²) in [6, 6.07) is 11.7. The molecule has 0 saturated heterocycles. The van der Waals surface area contributed by atoms with Gasteiger partial charge in [0, 0.05) is 11.1 Å². The molecule has 4 rings (SSSR count). The SMILES string of the molecule is CC(C)(C)c1cc(/C=c2/sc3nc4ccccc4n3c2=O)cc(C(C)(C)C)c1O. The van der Waals surface area contributed by atoms with Crippen LogP contribution >= 0.6 is 11.3 Å². The molecule has 0 saturated carbocycles. The average molecular weight is 407 g/mol. The number of benzene rings is 2. The normalized spacial score (nSPS) is 13.7. The van der Waals surface area contributed by atoms with Gasteiger partial charge in [-0.3, -0.25) is 4.79 Å². The maximum Gasteiger partial charge on any atom is 0.274 e. The van der Waals surface area contributed by atoms with Gasteiger partial charge in [0.05, 0.1) is 15.6 Å². The summed E-state index contributed by atoms with van der Waals surface area (Å²) < 4.78 is 2.32. The van der Waals surface area contributed by atoms with Crippen LogP contribution in [0.5, 0.6) is 5.75 Å². The highest BCUT2D eigenvalue weighted by Gasteiger charge is 2.26. The minimum atomic E-state index is -0.214. The molecule has 2 heterocycles. The highest BCUT2D eigenvalue weighted by molar-refractivity contribution is 7.15. The number of nitrogens with zero attached hydrogens (tertiary/aromatic N) is 2. The Balaban J connectivity index is 1.99. The first-order valence-electron chi connectivity index (χ1n) is 9.76. The number of fused-ring (bicyclic) bond motifs is 3. The topological polar surface area (TPSA) is 54.6 Å². The molecule has 2 aromatic heterocycles. The van der Waals surface area contributed by atoms with Crippen molar-refractivity contribution in [3.05, 3.63) is 68.0 Å². The second-order valence-corrected chi connectivity index (χ2v) is 10.6. The Labute approximate surface area is 174 Å². The van der Waals surface area contributed by atoms with Crippen molar-refractivity contribution >= 4 is 33.4 Å². The summed E-state index contributed by atoms with van der Waals surface area (Å²) in [7, 11) is 0. The number of para-hydroxylation sites is 2. The van der Waals surface area contributed by atoms with Crippen LogP contribution < -0.4 is 10.1 Å². The summed E-state index contributed by atoms with van der Waals surface area (Å²) in [5, 5.41) is 10.9. The van der Waals surface area contributed by atoms with E-state index in [1.54, 1.807) is 4.40 Å². The molecular formula is C24H26N2O2S. The van der Waals surface area contributed by atoms with Gasteiger partial charge in [0.25, 0.3) is 5.56 Å². The van der Waals surface area contributed by atoms with Crippen LogP contribution in [-0.4, -0.2) is 14.5 Å². The van der Waals surface area contributed by atoms with Crippen molar-refractivity contribution in [2.75, 3.05) is 0 Å². The number of hydrogen-bond donors (Lipinski definition) is 1. The fourth-order valence-electron chi connectivity index (χ4n) is 3.65. The molecule has 4 nitrogen and oxygen atoms in total. The predicted molar refractivity (Wildman–Crippen MR) is 121 cm³/mol. The third kappa shape index (κ3) is 3.33. The van der Waals surface area contributed by atoms with Gasteiger partial charge in [-0.05, 0) is 46.7 Å². The van der Waals surface area contributed by atoms with E-state index in [9.17, 15) is 9.90 Å². The fourth-order valence-corrected chi connectivity index (χ4v) is 4.63. The summed E-state index contributed by atoms with van der Waals surface area (Å²) in [4.78, 5) is 18.4. The van der Waals surface area contributed by atoms with Gasteiger partial charge in [0.15, 0.2) is 4.96 Å². The van der Waals surface area contributed by atoms with Crippen molar-refractivity contribution in [3.8, 4) is 5.75 Å². The first-order chi connectivity index (χ1) is 13.5. The van der Waals surface area contributed by atoms with E-state index in [-0.39, 0.29) is 16.4 Å². The maximum atomic E-state index is 13.1. The number of aromatic hydroxyl groups is 1. The lowest BCUT2D eigenvalue weighted by molar-refractivity contribution is 0.423. The number of imidazole rings is 1. The van der Waals surface area contributed by atoms with Crippen molar-refractivity contribution in [2.24, 2.45) is 0 Å². The second kappa shape index (κ2) is 6.42. The summed E-state index contributed by atoms with van der Waals surface area (Å²) >= 11 is 1.40. The number of phenolic OH excluding ortho intramolecular Hbond substituents is 1. The highest BCUT2D eigenvalue weighted by Crippen LogP contribution is 2.39. The maximum absolute atomic E-state index is 13.1. The number of thiazole rings is 1. The molecule has 4 aromatic rings. The number of hydrogen-bond acceptors (Lipinski definition) is 4. The zero-order chi connectivity index (χ0) is 21.1. The smallest absolute Gasteiger partial charge is 0.274 e. The van der Waals surface area contributed by atoms with E-state index in [2.05, 4.69) is 46.5 Å². The van der Waals surface area contributed by atoms with Gasteiger partial charge in [-0.1, -0.05) is 65.0 Å². The summed E-state index contributed by atoms with van der Waals surface area (Å²) in [5.41, 5.74) is 3.87. The number of phenols is 1. The lowest BCUT2D eigenvalue weighted by atomic mass is 9.78. The van der Waals surface area contributed by atoms with Crippen molar-refractivity contribution in [1.82, 2.24) is 9.38 Å². The van der Waals surface area contributed by atoms with Crippen LogP contribution in [0.1, 0.15) is 58.2 Å². The van der Waals surface area contributed by atoms with Crippen molar-refractivity contribution in [2.45, 2.75) is 52.4 Å². The molecule has 0 aliphatic carbocycles. The van der Waals surface area contributed by atoms with Gasteiger partial charge in [0.2, 0.25) is 0 Å². The average Bonchev–Trinajstić information content (AvgIpc) is 3.11. The molecule has 150 valence electrons. The Hall–Kier alpha value is -2.66. The molecule has 0 radical (unpaired) electrons. The van der Waals surface area contributed by atoms with Crippen LogP contribution in [-0.2, 0) is 10.8 Å². The molecule has 0 atom stereocenters. The van der Waals surface area contributed by atoms with Crippen LogP contribution in [0.2, 0.25) is 0 Å². The van der Waals surface area contributed by atoms with E-state index in [1.165, 1.54) is 11.3 Å². The van der Waals surface area contributed by atoms with E-state index >= 15 is 0 Å². The van der Waals surface area contributed by atoms with Crippen LogP contribution in [0, 0.1) is 0 Å². The number of aromatic nitrogens is 2. The first-order valence-corrected chi connectivity index (χ1v) is 10.6. The van der Waals surface area contributed by atoms with Crippen molar-refractivity contribution < 1.29 is 5.11 Å². The first kappa shape index (κ1) is 19.6. The summed E-state index contributed by atoms with van der Waals surface area (Å²) in [6.45, 7) is 12.5. The lowest BCUT2D eigenvalue weighted by Gasteiger charge is -2.27. The predicted octanol–water partition coefficient (Wildman–Crippen LogP) is 4.76. The Morgan fingerprint density at radius 3 is 2.17 bits per heavy atom. The standard InChI is InChI=1S/C24H26N2O2S/c1-23(2,3)15-11-14(12-16(20(15)27)24(4,5)6)13-19-21(28)26-18-10-8-7-9-17(18)25-22(26)29-19/h7-13,27H,1-6H3/b19-13+. The van der Waals surface area contributed by atoms with Gasteiger partial charge in [-0.15, -0.1) is 0 Å². The molecule has 2 aromatic carbocycles. The van der Waals surface area contributed by atoms with Gasteiger partial charge in [-0.2, -0.15) is 0 Å². The number of rotatable bonds is 1. The second-order valence-electron chi connectivity index (χ2n) is 9.60. The molecule has 0 aliphatic rings. The van der Waals surface area contributed by atoms with Crippen molar-refractivity contribution in [1.29, 1.82) is 0 Å². The molecule has 0 unspecified atom stereocenters. The van der Waals surface area contributed by atoms with Crippen LogP contribution in [0.25, 0.3) is 22.1 Å². The van der Waals surface area contributed by atoms with Gasteiger partial charge in [-0.25, -0.2) is 9.38 Å². The Morgan fingerprint density at radius 1 is 1.00 bits per heavy atom. The Bertz CT molecular complexity index is 1310. The molecule has 0 fully saturated rings. The van der Waals surface area contributed by atoms with E-state index in [0.29, 0.717) is 15.2 Å². The largest absolute Gasteiger partial charge is 0.507 e. The third-order valence-electron chi connectivity index (χ3n) is 5.19. The molecule has 0 aliphatic heterocycles. The molecule has 1 N–H and O–H groups in total. The van der Waals surface area contributed by atoms with Gasteiger partial charge in [0.1, 0.15) is 5.75 Å². The van der Waals surface area contributed by atoms with Crippen LogP contribution in [0.4, 0.5) is 0 Å².